The Bertz CT molecular complexity index is 150. The summed E-state index contributed by atoms with van der Waals surface area (Å²) in [4.78, 5) is 0. The van der Waals surface area contributed by atoms with Crippen molar-refractivity contribution in [3.8, 4) is 24.7 Å². The molecule has 0 spiro atoms. The van der Waals surface area contributed by atoms with E-state index in [1.165, 1.54) is 7.11 Å². The maximum Gasteiger partial charge on any atom is 0.640 e. The molecule has 0 aromatic heterocycles. The van der Waals surface area contributed by atoms with Crippen molar-refractivity contribution < 1.29 is 14.0 Å². The summed E-state index contributed by atoms with van der Waals surface area (Å²) in [6, 6.07) is 0. The van der Waals surface area contributed by atoms with Crippen LogP contribution in [0.1, 0.15) is 0 Å². The van der Waals surface area contributed by atoms with E-state index in [1.54, 1.807) is 0 Å². The molecular formula is C7H9BO3. The van der Waals surface area contributed by atoms with Gasteiger partial charge in [-0.1, -0.05) is 11.8 Å². The fourth-order valence-corrected chi connectivity index (χ4v) is 0.417. The van der Waals surface area contributed by atoms with Crippen LogP contribution in [0.15, 0.2) is 0 Å². The third-order valence-corrected chi connectivity index (χ3v) is 0.798. The first-order chi connectivity index (χ1) is 5.35. The van der Waals surface area contributed by atoms with Gasteiger partial charge in [-0.15, -0.1) is 12.8 Å². The molecular weight excluding hydrogens is 143 g/mol. The molecule has 0 aromatic carbocycles. The lowest BCUT2D eigenvalue weighted by molar-refractivity contribution is 0.139. The van der Waals surface area contributed by atoms with Gasteiger partial charge in [0.05, 0.1) is 13.2 Å². The molecule has 58 valence electrons. The van der Waals surface area contributed by atoms with Crippen LogP contribution in [0.3, 0.4) is 0 Å². The van der Waals surface area contributed by atoms with Crippen molar-refractivity contribution in [3.05, 3.63) is 0 Å². The summed E-state index contributed by atoms with van der Waals surface area (Å²) in [7, 11) is 0.680. The highest BCUT2D eigenvalue weighted by Gasteiger charge is 2.17. The smallest absolute Gasteiger partial charge is 0.389 e. The molecule has 0 aromatic rings. The Hall–Kier alpha value is -0.935. The molecule has 0 unspecified atom stereocenters. The second-order valence-electron chi connectivity index (χ2n) is 1.55. The van der Waals surface area contributed by atoms with Gasteiger partial charge in [-0.3, -0.25) is 0 Å². The molecule has 4 heteroatoms. The molecule has 0 saturated heterocycles. The molecule has 0 aliphatic rings. The van der Waals surface area contributed by atoms with E-state index >= 15 is 0 Å². The van der Waals surface area contributed by atoms with E-state index in [-0.39, 0.29) is 13.2 Å². The first-order valence-corrected chi connectivity index (χ1v) is 2.98. The normalized spacial score (nSPS) is 8.27. The van der Waals surface area contributed by atoms with E-state index in [4.69, 9.17) is 26.8 Å². The van der Waals surface area contributed by atoms with Crippen molar-refractivity contribution in [2.45, 2.75) is 0 Å². The van der Waals surface area contributed by atoms with Crippen LogP contribution in [-0.2, 0) is 14.0 Å². The molecule has 11 heavy (non-hydrogen) atoms. The van der Waals surface area contributed by atoms with Gasteiger partial charge in [0.1, 0.15) is 0 Å². The molecule has 0 N–H and O–H groups in total. The zero-order chi connectivity index (χ0) is 8.53. The largest absolute Gasteiger partial charge is 0.640 e. The van der Waals surface area contributed by atoms with Crippen molar-refractivity contribution in [2.75, 3.05) is 20.3 Å². The molecule has 0 amide bonds. The Morgan fingerprint density at radius 3 is 1.91 bits per heavy atom. The van der Waals surface area contributed by atoms with Gasteiger partial charge in [-0.2, -0.15) is 0 Å². The fourth-order valence-electron chi connectivity index (χ4n) is 0.417. The number of rotatable bonds is 5. The third-order valence-electron chi connectivity index (χ3n) is 0.798. The Labute approximate surface area is 67.2 Å². The van der Waals surface area contributed by atoms with E-state index < -0.39 is 7.32 Å². The summed E-state index contributed by atoms with van der Waals surface area (Å²) in [6.07, 6.45) is 9.87. The topological polar surface area (TPSA) is 27.7 Å². The Morgan fingerprint density at radius 1 is 1.18 bits per heavy atom. The minimum atomic E-state index is -0.762. The second kappa shape index (κ2) is 7.18. The molecule has 0 heterocycles. The average molecular weight is 152 g/mol. The predicted octanol–water partition coefficient (Wildman–Crippen LogP) is -0.0827. The fraction of sp³-hybridized carbons (Fsp3) is 0.429. The molecule has 3 nitrogen and oxygen atoms in total. The van der Waals surface area contributed by atoms with Gasteiger partial charge in [0, 0.05) is 7.11 Å². The van der Waals surface area contributed by atoms with Crippen molar-refractivity contribution in [3.63, 3.8) is 0 Å². The highest BCUT2D eigenvalue weighted by atomic mass is 16.7. The SMILES string of the molecule is C#CCOB(OC)OCC#C. The number of hydrogen-bond donors (Lipinski definition) is 0. The van der Waals surface area contributed by atoms with Crippen molar-refractivity contribution in [2.24, 2.45) is 0 Å². The van der Waals surface area contributed by atoms with Gasteiger partial charge in [0.25, 0.3) is 0 Å². The van der Waals surface area contributed by atoms with Crippen LogP contribution in [-0.4, -0.2) is 27.6 Å². The quantitative estimate of drug-likeness (QED) is 0.407. The molecule has 0 radical (unpaired) electrons. The second-order valence-corrected chi connectivity index (χ2v) is 1.55. The minimum Gasteiger partial charge on any atom is -0.389 e. The van der Waals surface area contributed by atoms with Crippen LogP contribution >= 0.6 is 0 Å². The standard InChI is InChI=1S/C7H9BO3/c1-4-6-10-8(9-3)11-7-5-2/h1-2H,6-7H2,3H3. The van der Waals surface area contributed by atoms with Gasteiger partial charge < -0.3 is 14.0 Å². The summed E-state index contributed by atoms with van der Waals surface area (Å²) in [5.41, 5.74) is 0. The van der Waals surface area contributed by atoms with Crippen LogP contribution in [0.25, 0.3) is 0 Å². The Kier molecular flexibility index (Phi) is 6.57. The van der Waals surface area contributed by atoms with Gasteiger partial charge in [0.15, 0.2) is 0 Å². The zero-order valence-electron chi connectivity index (χ0n) is 6.37. The van der Waals surface area contributed by atoms with Gasteiger partial charge in [-0.05, 0) is 0 Å². The summed E-state index contributed by atoms with van der Waals surface area (Å²) in [5.74, 6) is 4.55. The molecule has 0 aliphatic carbocycles. The molecule has 0 atom stereocenters. The van der Waals surface area contributed by atoms with Crippen molar-refractivity contribution in [1.82, 2.24) is 0 Å². The first-order valence-electron chi connectivity index (χ1n) is 2.98. The van der Waals surface area contributed by atoms with Crippen LogP contribution in [0.2, 0.25) is 0 Å². The van der Waals surface area contributed by atoms with Crippen molar-refractivity contribution >= 4 is 7.32 Å². The van der Waals surface area contributed by atoms with Crippen LogP contribution in [0.5, 0.6) is 0 Å². The molecule has 0 aliphatic heterocycles. The van der Waals surface area contributed by atoms with E-state index in [0.29, 0.717) is 0 Å². The van der Waals surface area contributed by atoms with E-state index in [9.17, 15) is 0 Å². The monoisotopic (exact) mass is 152 g/mol. The summed E-state index contributed by atoms with van der Waals surface area (Å²) in [5, 5.41) is 0. The summed E-state index contributed by atoms with van der Waals surface area (Å²) < 4.78 is 14.5. The molecule has 0 fully saturated rings. The lowest BCUT2D eigenvalue weighted by Gasteiger charge is -2.06. The maximum atomic E-state index is 4.93. The first kappa shape index (κ1) is 10.1. The van der Waals surface area contributed by atoms with Crippen molar-refractivity contribution in [1.29, 1.82) is 0 Å². The van der Waals surface area contributed by atoms with Crippen LogP contribution in [0, 0.1) is 24.7 Å². The average Bonchev–Trinajstić information content (AvgIpc) is 2.05. The van der Waals surface area contributed by atoms with E-state index in [0.717, 1.165) is 0 Å². The lowest BCUT2D eigenvalue weighted by atomic mass is 10.2. The van der Waals surface area contributed by atoms with Crippen LogP contribution < -0.4 is 0 Å². The zero-order valence-corrected chi connectivity index (χ0v) is 6.37. The van der Waals surface area contributed by atoms with Gasteiger partial charge in [-0.25, -0.2) is 0 Å². The highest BCUT2D eigenvalue weighted by Crippen LogP contribution is 1.88. The lowest BCUT2D eigenvalue weighted by Crippen LogP contribution is -2.25. The highest BCUT2D eigenvalue weighted by molar-refractivity contribution is 6.36. The van der Waals surface area contributed by atoms with Gasteiger partial charge in [0.2, 0.25) is 0 Å². The Morgan fingerprint density at radius 2 is 1.64 bits per heavy atom. The Balaban J connectivity index is 3.44. The predicted molar refractivity (Wildman–Crippen MR) is 42.3 cm³/mol. The molecule has 0 bridgehead atoms. The minimum absolute atomic E-state index is 0.142. The van der Waals surface area contributed by atoms with E-state index in [1.807, 2.05) is 0 Å². The summed E-state index contributed by atoms with van der Waals surface area (Å²) in [6.45, 7) is 0.284. The summed E-state index contributed by atoms with van der Waals surface area (Å²) >= 11 is 0. The third kappa shape index (κ3) is 5.51. The molecule has 0 saturated carbocycles. The maximum absolute atomic E-state index is 4.93. The number of hydrogen-bond acceptors (Lipinski definition) is 3. The van der Waals surface area contributed by atoms with Crippen LogP contribution in [0.4, 0.5) is 0 Å². The number of terminal acetylenes is 2. The van der Waals surface area contributed by atoms with E-state index in [2.05, 4.69) is 11.8 Å². The van der Waals surface area contributed by atoms with Gasteiger partial charge >= 0.3 is 7.32 Å². The molecule has 0 rings (SSSR count).